The summed E-state index contributed by atoms with van der Waals surface area (Å²) >= 11 is 0. The molecule has 1 amide bonds. The van der Waals surface area contributed by atoms with E-state index in [1.165, 1.54) is 13.3 Å². The first kappa shape index (κ1) is 16.7. The van der Waals surface area contributed by atoms with Crippen LogP contribution in [0.4, 0.5) is 5.69 Å². The Bertz CT molecular complexity index is 1100. The SMILES string of the molecule is COc1ccc(NC(=O)c2cnc3[nH]cc(-c4ccoc4)c3c2)c(OC)c1. The Kier molecular flexibility index (Phi) is 4.25. The number of rotatable bonds is 5. The second kappa shape index (κ2) is 6.87. The number of anilines is 1. The van der Waals surface area contributed by atoms with Crippen molar-refractivity contribution < 1.29 is 18.7 Å². The van der Waals surface area contributed by atoms with Crippen LogP contribution >= 0.6 is 0 Å². The van der Waals surface area contributed by atoms with Crippen LogP contribution in [0.2, 0.25) is 0 Å². The van der Waals surface area contributed by atoms with Gasteiger partial charge >= 0.3 is 0 Å². The summed E-state index contributed by atoms with van der Waals surface area (Å²) in [5.74, 6) is 0.870. The maximum absolute atomic E-state index is 12.7. The quantitative estimate of drug-likeness (QED) is 0.557. The van der Waals surface area contributed by atoms with Gasteiger partial charge in [0.15, 0.2) is 0 Å². The van der Waals surface area contributed by atoms with E-state index in [0.29, 0.717) is 28.4 Å². The van der Waals surface area contributed by atoms with Crippen molar-refractivity contribution in [1.82, 2.24) is 9.97 Å². The van der Waals surface area contributed by atoms with Gasteiger partial charge in [0.25, 0.3) is 5.91 Å². The summed E-state index contributed by atoms with van der Waals surface area (Å²) in [6.07, 6.45) is 6.63. The molecule has 0 bridgehead atoms. The Balaban J connectivity index is 1.66. The molecule has 0 aliphatic rings. The molecule has 0 aliphatic heterocycles. The summed E-state index contributed by atoms with van der Waals surface area (Å²) in [4.78, 5) is 20.2. The van der Waals surface area contributed by atoms with Crippen LogP contribution in [0.3, 0.4) is 0 Å². The first-order valence-corrected chi connectivity index (χ1v) is 8.22. The van der Waals surface area contributed by atoms with Crippen molar-refractivity contribution in [3.8, 4) is 22.6 Å². The Hall–Kier alpha value is -3.74. The normalized spacial score (nSPS) is 10.7. The van der Waals surface area contributed by atoms with Gasteiger partial charge in [-0.3, -0.25) is 4.79 Å². The third kappa shape index (κ3) is 3.10. The molecule has 0 saturated heterocycles. The predicted octanol–water partition coefficient (Wildman–Crippen LogP) is 4.09. The summed E-state index contributed by atoms with van der Waals surface area (Å²) in [7, 11) is 3.11. The fourth-order valence-electron chi connectivity index (χ4n) is 2.88. The molecule has 27 heavy (non-hydrogen) atoms. The molecule has 0 aliphatic carbocycles. The van der Waals surface area contributed by atoms with Crippen LogP contribution in [0.1, 0.15) is 10.4 Å². The van der Waals surface area contributed by atoms with Gasteiger partial charge < -0.3 is 24.2 Å². The molecular weight excluding hydrogens is 346 g/mol. The average molecular weight is 363 g/mol. The van der Waals surface area contributed by atoms with Gasteiger partial charge in [0.05, 0.1) is 38.0 Å². The van der Waals surface area contributed by atoms with Gasteiger partial charge in [-0.2, -0.15) is 0 Å². The second-order valence-electron chi connectivity index (χ2n) is 5.85. The highest BCUT2D eigenvalue weighted by Gasteiger charge is 2.14. The number of methoxy groups -OCH3 is 2. The number of benzene rings is 1. The van der Waals surface area contributed by atoms with E-state index in [1.54, 1.807) is 43.9 Å². The number of aromatic amines is 1. The fourth-order valence-corrected chi connectivity index (χ4v) is 2.88. The van der Waals surface area contributed by atoms with Crippen molar-refractivity contribution in [2.45, 2.75) is 0 Å². The number of aromatic nitrogens is 2. The number of carbonyl (C=O) groups is 1. The zero-order valence-electron chi connectivity index (χ0n) is 14.8. The Morgan fingerprint density at radius 1 is 1.19 bits per heavy atom. The van der Waals surface area contributed by atoms with Crippen molar-refractivity contribution >= 4 is 22.6 Å². The van der Waals surface area contributed by atoms with Crippen LogP contribution in [0.25, 0.3) is 22.2 Å². The third-order valence-corrected chi connectivity index (χ3v) is 4.28. The Morgan fingerprint density at radius 3 is 2.81 bits per heavy atom. The number of fused-ring (bicyclic) bond motifs is 1. The minimum absolute atomic E-state index is 0.285. The summed E-state index contributed by atoms with van der Waals surface area (Å²) in [5, 5.41) is 3.69. The number of amides is 1. The summed E-state index contributed by atoms with van der Waals surface area (Å²) in [5.41, 5.74) is 3.52. The van der Waals surface area contributed by atoms with Crippen LogP contribution in [0, 0.1) is 0 Å². The molecule has 4 aromatic rings. The first-order valence-electron chi connectivity index (χ1n) is 8.22. The fraction of sp³-hybridized carbons (Fsp3) is 0.100. The largest absolute Gasteiger partial charge is 0.497 e. The molecule has 136 valence electrons. The molecule has 7 heteroatoms. The second-order valence-corrected chi connectivity index (χ2v) is 5.85. The molecular formula is C20H17N3O4. The van der Waals surface area contributed by atoms with Gasteiger partial charge in [0.1, 0.15) is 17.1 Å². The number of nitrogens with one attached hydrogen (secondary N) is 2. The van der Waals surface area contributed by atoms with Gasteiger partial charge in [-0.25, -0.2) is 4.98 Å². The molecule has 0 saturated carbocycles. The van der Waals surface area contributed by atoms with Crippen molar-refractivity contribution in [2.75, 3.05) is 19.5 Å². The number of hydrogen-bond donors (Lipinski definition) is 2. The number of carbonyl (C=O) groups excluding carboxylic acids is 1. The van der Waals surface area contributed by atoms with Gasteiger partial charge in [0.2, 0.25) is 0 Å². The van der Waals surface area contributed by atoms with E-state index >= 15 is 0 Å². The predicted molar refractivity (Wildman–Crippen MR) is 101 cm³/mol. The van der Waals surface area contributed by atoms with E-state index in [-0.39, 0.29) is 5.91 Å². The van der Waals surface area contributed by atoms with E-state index in [9.17, 15) is 4.79 Å². The number of pyridine rings is 1. The van der Waals surface area contributed by atoms with Gasteiger partial charge in [0, 0.05) is 35.0 Å². The Labute approximate surface area is 154 Å². The van der Waals surface area contributed by atoms with Crippen molar-refractivity contribution in [3.63, 3.8) is 0 Å². The summed E-state index contributed by atoms with van der Waals surface area (Å²) < 4.78 is 15.7. The smallest absolute Gasteiger partial charge is 0.257 e. The van der Waals surface area contributed by atoms with Crippen molar-refractivity contribution in [3.05, 3.63) is 60.8 Å². The van der Waals surface area contributed by atoms with Crippen LogP contribution in [0.15, 0.2) is 59.7 Å². The molecule has 7 nitrogen and oxygen atoms in total. The standard InChI is InChI=1S/C20H17N3O4/c1-25-14-3-4-17(18(8-14)26-2)23-20(24)13-7-15-16(12-5-6-27-11-12)10-22-19(15)21-9-13/h3-11H,1-2H3,(H,21,22)(H,23,24). The molecule has 3 heterocycles. The maximum atomic E-state index is 12.7. The molecule has 0 atom stereocenters. The highest BCUT2D eigenvalue weighted by atomic mass is 16.5. The van der Waals surface area contributed by atoms with Gasteiger partial charge in [-0.05, 0) is 24.3 Å². The van der Waals surface area contributed by atoms with Crippen LogP contribution in [-0.2, 0) is 0 Å². The van der Waals surface area contributed by atoms with Crippen molar-refractivity contribution in [2.24, 2.45) is 0 Å². The summed E-state index contributed by atoms with van der Waals surface area (Å²) in [6, 6.07) is 8.85. The number of hydrogen-bond acceptors (Lipinski definition) is 5. The van der Waals surface area contributed by atoms with E-state index in [1.807, 2.05) is 12.3 Å². The van der Waals surface area contributed by atoms with Crippen LogP contribution in [-0.4, -0.2) is 30.1 Å². The number of furan rings is 1. The number of nitrogens with zero attached hydrogens (tertiary/aromatic N) is 1. The monoisotopic (exact) mass is 363 g/mol. The molecule has 0 unspecified atom stereocenters. The number of H-pyrrole nitrogens is 1. The molecule has 2 N–H and O–H groups in total. The minimum Gasteiger partial charge on any atom is -0.497 e. The molecule has 4 rings (SSSR count). The first-order chi connectivity index (χ1) is 13.2. The lowest BCUT2D eigenvalue weighted by atomic mass is 10.1. The Morgan fingerprint density at radius 2 is 2.07 bits per heavy atom. The minimum atomic E-state index is -0.285. The maximum Gasteiger partial charge on any atom is 0.257 e. The van der Waals surface area contributed by atoms with Crippen LogP contribution in [0.5, 0.6) is 11.5 Å². The molecule has 0 fully saturated rings. The zero-order chi connectivity index (χ0) is 18.8. The topological polar surface area (TPSA) is 89.4 Å². The third-order valence-electron chi connectivity index (χ3n) is 4.28. The molecule has 3 aromatic heterocycles. The van der Waals surface area contributed by atoms with E-state index < -0.39 is 0 Å². The van der Waals surface area contributed by atoms with E-state index in [4.69, 9.17) is 13.9 Å². The highest BCUT2D eigenvalue weighted by Crippen LogP contribution is 2.31. The van der Waals surface area contributed by atoms with E-state index in [2.05, 4.69) is 15.3 Å². The molecule has 0 spiro atoms. The molecule has 0 radical (unpaired) electrons. The van der Waals surface area contributed by atoms with E-state index in [0.717, 1.165) is 16.5 Å². The lowest BCUT2D eigenvalue weighted by Gasteiger charge is -2.11. The van der Waals surface area contributed by atoms with Crippen molar-refractivity contribution in [1.29, 1.82) is 0 Å². The highest BCUT2D eigenvalue weighted by molar-refractivity contribution is 6.07. The molecule has 1 aromatic carbocycles. The summed E-state index contributed by atoms with van der Waals surface area (Å²) in [6.45, 7) is 0. The lowest BCUT2D eigenvalue weighted by Crippen LogP contribution is -2.13. The average Bonchev–Trinajstić information content (AvgIpc) is 3.37. The van der Waals surface area contributed by atoms with Gasteiger partial charge in [-0.15, -0.1) is 0 Å². The van der Waals surface area contributed by atoms with Crippen LogP contribution < -0.4 is 14.8 Å². The lowest BCUT2D eigenvalue weighted by molar-refractivity contribution is 0.102. The zero-order valence-corrected chi connectivity index (χ0v) is 14.8. The number of ether oxygens (including phenoxy) is 2. The van der Waals surface area contributed by atoms with Gasteiger partial charge in [-0.1, -0.05) is 0 Å².